The zero-order valence-electron chi connectivity index (χ0n) is 15.9. The van der Waals surface area contributed by atoms with Gasteiger partial charge in [-0.3, -0.25) is 4.90 Å². The number of aryl methyl sites for hydroxylation is 1. The summed E-state index contributed by atoms with van der Waals surface area (Å²) in [7, 11) is 0. The molecule has 0 amide bonds. The second kappa shape index (κ2) is 7.43. The number of fused-ring (bicyclic) bond motifs is 2. The molecule has 2 aromatic rings. The molecule has 0 bridgehead atoms. The molecule has 0 aromatic heterocycles. The number of hydrogen-bond acceptors (Lipinski definition) is 4. The minimum absolute atomic E-state index is 0.646. The minimum Gasteiger partial charge on any atom is -0.486 e. The Balaban J connectivity index is 1.17. The summed E-state index contributed by atoms with van der Waals surface area (Å²) in [6.45, 7) is 6.86. The number of hydrogen-bond donors (Lipinski definition) is 0. The fourth-order valence-electron chi connectivity index (χ4n) is 4.80. The largest absolute Gasteiger partial charge is 0.486 e. The molecule has 2 aliphatic heterocycles. The summed E-state index contributed by atoms with van der Waals surface area (Å²) in [6.07, 6.45) is 3.87. The Morgan fingerprint density at radius 2 is 1.74 bits per heavy atom. The summed E-state index contributed by atoms with van der Waals surface area (Å²) in [5, 5.41) is 0. The maximum Gasteiger partial charge on any atom is 0.184 e. The van der Waals surface area contributed by atoms with E-state index in [1.54, 1.807) is 11.1 Å². The summed E-state index contributed by atoms with van der Waals surface area (Å²) in [5.41, 5.74) is 4.36. The normalized spacial score (nSPS) is 21.9. The average molecular weight is 364 g/mol. The van der Waals surface area contributed by atoms with E-state index in [-0.39, 0.29) is 0 Å². The van der Waals surface area contributed by atoms with Gasteiger partial charge in [0.15, 0.2) is 11.5 Å². The van der Waals surface area contributed by atoms with Crippen LogP contribution in [0.2, 0.25) is 0 Å². The van der Waals surface area contributed by atoms with Crippen LogP contribution in [-0.4, -0.2) is 50.8 Å². The molecular formula is C23H28N2O2. The highest BCUT2D eigenvalue weighted by Gasteiger charge is 2.25. The number of anilines is 1. The molecule has 1 fully saturated rings. The molecule has 0 spiro atoms. The first-order chi connectivity index (χ1) is 13.4. The van der Waals surface area contributed by atoms with Crippen molar-refractivity contribution in [3.63, 3.8) is 0 Å². The average Bonchev–Trinajstić information content (AvgIpc) is 3.15. The van der Waals surface area contributed by atoms with Crippen LogP contribution in [0.3, 0.4) is 0 Å². The van der Waals surface area contributed by atoms with Crippen molar-refractivity contribution in [3.05, 3.63) is 53.6 Å². The maximum absolute atomic E-state index is 5.90. The quantitative estimate of drug-likeness (QED) is 0.826. The van der Waals surface area contributed by atoms with E-state index >= 15 is 0 Å². The van der Waals surface area contributed by atoms with Crippen molar-refractivity contribution in [1.82, 2.24) is 4.90 Å². The van der Waals surface area contributed by atoms with Crippen molar-refractivity contribution < 1.29 is 9.47 Å². The van der Waals surface area contributed by atoms with Crippen LogP contribution in [0.15, 0.2) is 42.5 Å². The highest BCUT2D eigenvalue weighted by molar-refractivity contribution is 5.65. The third kappa shape index (κ3) is 3.39. The van der Waals surface area contributed by atoms with Gasteiger partial charge < -0.3 is 14.4 Å². The fourth-order valence-corrected chi connectivity index (χ4v) is 4.80. The van der Waals surface area contributed by atoms with Gasteiger partial charge in [-0.1, -0.05) is 30.3 Å². The lowest BCUT2D eigenvalue weighted by molar-refractivity contribution is 0.171. The predicted molar refractivity (Wildman–Crippen MR) is 108 cm³/mol. The van der Waals surface area contributed by atoms with Crippen molar-refractivity contribution in [3.8, 4) is 11.5 Å². The van der Waals surface area contributed by atoms with Crippen LogP contribution < -0.4 is 14.4 Å². The van der Waals surface area contributed by atoms with Gasteiger partial charge in [0.05, 0.1) is 5.69 Å². The highest BCUT2D eigenvalue weighted by Crippen LogP contribution is 2.40. The van der Waals surface area contributed by atoms with Crippen molar-refractivity contribution in [2.75, 3.05) is 50.8 Å². The van der Waals surface area contributed by atoms with Crippen molar-refractivity contribution in [2.24, 2.45) is 0 Å². The Bertz CT molecular complexity index is 799. The number of piperazine rings is 1. The van der Waals surface area contributed by atoms with Crippen LogP contribution >= 0.6 is 0 Å². The number of nitrogens with zero attached hydrogens (tertiary/aromatic N) is 2. The number of para-hydroxylation sites is 1. The maximum atomic E-state index is 5.90. The minimum atomic E-state index is 0.646. The Hall–Kier alpha value is -2.20. The van der Waals surface area contributed by atoms with Gasteiger partial charge in [0.1, 0.15) is 13.2 Å². The Kier molecular flexibility index (Phi) is 4.66. The predicted octanol–water partition coefficient (Wildman–Crippen LogP) is 3.70. The molecule has 27 heavy (non-hydrogen) atoms. The number of ether oxygens (including phenoxy) is 2. The van der Waals surface area contributed by atoms with Crippen LogP contribution in [0.5, 0.6) is 11.5 Å². The summed E-state index contributed by atoms with van der Waals surface area (Å²) in [4.78, 5) is 5.08. The first kappa shape index (κ1) is 16.9. The first-order valence-corrected chi connectivity index (χ1v) is 10.3. The molecule has 5 rings (SSSR count). The van der Waals surface area contributed by atoms with E-state index in [4.69, 9.17) is 9.47 Å². The van der Waals surface area contributed by atoms with Crippen LogP contribution in [0.4, 0.5) is 5.69 Å². The third-order valence-corrected chi connectivity index (χ3v) is 6.31. The molecule has 1 saturated heterocycles. The summed E-state index contributed by atoms with van der Waals surface area (Å²) in [6, 6.07) is 15.3. The molecule has 0 unspecified atom stereocenters. The molecular weight excluding hydrogens is 336 g/mol. The van der Waals surface area contributed by atoms with E-state index < -0.39 is 0 Å². The van der Waals surface area contributed by atoms with Gasteiger partial charge in [-0.25, -0.2) is 0 Å². The van der Waals surface area contributed by atoms with E-state index in [0.717, 1.165) is 43.6 Å². The molecule has 4 heteroatoms. The lowest BCUT2D eigenvalue weighted by Gasteiger charge is -2.37. The standard InChI is InChI=1S/C23H28N2O2/c1-2-5-20-18(4-1)8-9-19(20)10-11-24-12-14-25(15-13-24)21-6-3-7-22-23(21)27-17-16-26-22/h1-7,19H,8-17H2/t19-/m0/s1. The third-order valence-electron chi connectivity index (χ3n) is 6.31. The van der Waals surface area contributed by atoms with E-state index in [1.807, 2.05) is 6.07 Å². The molecule has 2 aromatic carbocycles. The molecule has 142 valence electrons. The van der Waals surface area contributed by atoms with Gasteiger partial charge in [-0.2, -0.15) is 0 Å². The monoisotopic (exact) mass is 364 g/mol. The fraction of sp³-hybridized carbons (Fsp3) is 0.478. The van der Waals surface area contributed by atoms with E-state index in [1.165, 1.54) is 31.5 Å². The molecule has 1 aliphatic carbocycles. The second-order valence-electron chi connectivity index (χ2n) is 7.85. The lowest BCUT2D eigenvalue weighted by atomic mass is 9.97. The second-order valence-corrected chi connectivity index (χ2v) is 7.85. The molecule has 0 saturated carbocycles. The molecule has 1 atom stereocenters. The molecule has 0 radical (unpaired) electrons. The SMILES string of the molecule is c1ccc2c(c1)CC[C@H]2CCN1CCN(c2cccc3c2OCCO3)CC1. The zero-order valence-corrected chi connectivity index (χ0v) is 15.9. The van der Waals surface area contributed by atoms with Gasteiger partial charge in [0.2, 0.25) is 0 Å². The van der Waals surface area contributed by atoms with Gasteiger partial charge in [-0.05, 0) is 55.0 Å². The van der Waals surface area contributed by atoms with E-state index in [2.05, 4.69) is 46.2 Å². The Morgan fingerprint density at radius 1 is 0.889 bits per heavy atom. The Labute approximate surface area is 161 Å². The van der Waals surface area contributed by atoms with Gasteiger partial charge in [0, 0.05) is 26.2 Å². The van der Waals surface area contributed by atoms with Crippen LogP contribution in [0, 0.1) is 0 Å². The first-order valence-electron chi connectivity index (χ1n) is 10.3. The zero-order chi connectivity index (χ0) is 18.1. The molecule has 4 nitrogen and oxygen atoms in total. The number of benzene rings is 2. The van der Waals surface area contributed by atoms with Gasteiger partial charge in [-0.15, -0.1) is 0 Å². The molecule has 0 N–H and O–H groups in total. The van der Waals surface area contributed by atoms with Crippen LogP contribution in [-0.2, 0) is 6.42 Å². The molecule has 2 heterocycles. The summed E-state index contributed by atoms with van der Waals surface area (Å²) < 4.78 is 11.6. The topological polar surface area (TPSA) is 24.9 Å². The van der Waals surface area contributed by atoms with Gasteiger partial charge in [0.25, 0.3) is 0 Å². The van der Waals surface area contributed by atoms with Crippen LogP contribution in [0.25, 0.3) is 0 Å². The molecule has 3 aliphatic rings. The highest BCUT2D eigenvalue weighted by atomic mass is 16.6. The summed E-state index contributed by atoms with van der Waals surface area (Å²) in [5.74, 6) is 2.58. The number of rotatable bonds is 4. The summed E-state index contributed by atoms with van der Waals surface area (Å²) >= 11 is 0. The van der Waals surface area contributed by atoms with Gasteiger partial charge >= 0.3 is 0 Å². The van der Waals surface area contributed by atoms with Crippen molar-refractivity contribution in [2.45, 2.75) is 25.2 Å². The Morgan fingerprint density at radius 3 is 2.67 bits per heavy atom. The van der Waals surface area contributed by atoms with E-state index in [0.29, 0.717) is 13.2 Å². The van der Waals surface area contributed by atoms with Crippen molar-refractivity contribution >= 4 is 5.69 Å². The lowest BCUT2D eigenvalue weighted by Crippen LogP contribution is -2.47. The van der Waals surface area contributed by atoms with E-state index in [9.17, 15) is 0 Å². The van der Waals surface area contributed by atoms with Crippen molar-refractivity contribution in [1.29, 1.82) is 0 Å². The van der Waals surface area contributed by atoms with Crippen LogP contribution in [0.1, 0.15) is 29.9 Å². The smallest absolute Gasteiger partial charge is 0.184 e.